The Hall–Kier alpha value is -1.89. The van der Waals surface area contributed by atoms with Gasteiger partial charge in [0.1, 0.15) is 16.8 Å². The zero-order chi connectivity index (χ0) is 11.5. The van der Waals surface area contributed by atoms with E-state index in [0.29, 0.717) is 17.4 Å². The Morgan fingerprint density at radius 3 is 3.06 bits per heavy atom. The molecule has 84 valence electrons. The molecule has 7 heteroatoms. The van der Waals surface area contributed by atoms with Gasteiger partial charge in [-0.2, -0.15) is 0 Å². The molecule has 0 radical (unpaired) electrons. The van der Waals surface area contributed by atoms with Gasteiger partial charge in [0.15, 0.2) is 5.13 Å². The quantitative estimate of drug-likeness (QED) is 0.845. The second-order valence-electron chi connectivity index (χ2n) is 3.08. The third-order valence-corrected chi connectivity index (χ3v) is 3.01. The summed E-state index contributed by atoms with van der Waals surface area (Å²) in [5.74, 6) is -0.954. The molecule has 2 aromatic rings. The first-order valence-electron chi connectivity index (χ1n) is 4.50. The number of carbonyl (C=O) groups is 1. The van der Waals surface area contributed by atoms with E-state index in [1.807, 2.05) is 0 Å². The zero-order valence-electron chi connectivity index (χ0n) is 8.43. The van der Waals surface area contributed by atoms with Crippen LogP contribution in [0.3, 0.4) is 0 Å². The van der Waals surface area contributed by atoms with Crippen molar-refractivity contribution in [3.05, 3.63) is 28.6 Å². The summed E-state index contributed by atoms with van der Waals surface area (Å²) < 4.78 is 4.67. The number of nitrogens with one attached hydrogen (secondary N) is 1. The molecule has 0 unspecified atom stereocenters. The van der Waals surface area contributed by atoms with Gasteiger partial charge in [0.2, 0.25) is 0 Å². The fraction of sp³-hybridized carbons (Fsp3) is 0.222. The molecule has 0 aliphatic heterocycles. The van der Waals surface area contributed by atoms with E-state index in [9.17, 15) is 4.79 Å². The molecule has 0 aromatic carbocycles. The maximum atomic E-state index is 10.8. The lowest BCUT2D eigenvalue weighted by Crippen LogP contribution is -1.98. The molecule has 0 aliphatic carbocycles. The fourth-order valence-electron chi connectivity index (χ4n) is 1.17. The van der Waals surface area contributed by atoms with Crippen LogP contribution in [0.1, 0.15) is 21.1 Å². The summed E-state index contributed by atoms with van der Waals surface area (Å²) in [5, 5.41) is 16.1. The van der Waals surface area contributed by atoms with Crippen molar-refractivity contribution in [2.45, 2.75) is 13.5 Å². The van der Waals surface area contributed by atoms with E-state index in [0.717, 1.165) is 17.0 Å². The number of aromatic carboxylic acids is 1. The molecule has 2 heterocycles. The Balaban J connectivity index is 2.05. The number of hydrogen-bond donors (Lipinski definition) is 2. The summed E-state index contributed by atoms with van der Waals surface area (Å²) in [6.07, 6.45) is 1.48. The highest BCUT2D eigenvalue weighted by atomic mass is 32.1. The summed E-state index contributed by atoms with van der Waals surface area (Å²) in [7, 11) is 0. The molecule has 16 heavy (non-hydrogen) atoms. The lowest BCUT2D eigenvalue weighted by Gasteiger charge is -1.96. The summed E-state index contributed by atoms with van der Waals surface area (Å²) in [6, 6.07) is 1.73. The molecule has 0 saturated heterocycles. The topological polar surface area (TPSA) is 88.3 Å². The Kier molecular flexibility index (Phi) is 2.86. The maximum absolute atomic E-state index is 10.8. The fourth-order valence-corrected chi connectivity index (χ4v) is 1.97. The smallest absolute Gasteiger partial charge is 0.347 e. The van der Waals surface area contributed by atoms with Gasteiger partial charge in [0.25, 0.3) is 0 Å². The van der Waals surface area contributed by atoms with Crippen LogP contribution in [0.25, 0.3) is 0 Å². The number of carboxylic acids is 1. The third-order valence-electron chi connectivity index (χ3n) is 1.90. The number of hydrogen-bond acceptors (Lipinski definition) is 6. The van der Waals surface area contributed by atoms with E-state index >= 15 is 0 Å². The second kappa shape index (κ2) is 4.31. The highest BCUT2D eigenvalue weighted by molar-refractivity contribution is 7.17. The maximum Gasteiger partial charge on any atom is 0.347 e. The van der Waals surface area contributed by atoms with Crippen molar-refractivity contribution in [3.63, 3.8) is 0 Å². The molecule has 0 spiro atoms. The third kappa shape index (κ3) is 2.19. The molecule has 0 fully saturated rings. The van der Waals surface area contributed by atoms with Gasteiger partial charge >= 0.3 is 5.97 Å². The van der Waals surface area contributed by atoms with Crippen molar-refractivity contribution in [3.8, 4) is 0 Å². The number of thiazole rings is 1. The Morgan fingerprint density at radius 2 is 2.50 bits per heavy atom. The van der Waals surface area contributed by atoms with Gasteiger partial charge in [-0.25, -0.2) is 9.78 Å². The minimum absolute atomic E-state index is 0.252. The van der Waals surface area contributed by atoms with E-state index in [4.69, 9.17) is 5.11 Å². The average Bonchev–Trinajstić information content (AvgIpc) is 2.83. The summed E-state index contributed by atoms with van der Waals surface area (Å²) in [4.78, 5) is 15.1. The monoisotopic (exact) mass is 239 g/mol. The van der Waals surface area contributed by atoms with E-state index in [-0.39, 0.29) is 4.88 Å². The molecule has 0 bridgehead atoms. The molecular formula is C9H9N3O3S. The summed E-state index contributed by atoms with van der Waals surface area (Å²) in [5.41, 5.74) is 1.25. The van der Waals surface area contributed by atoms with Crippen LogP contribution in [-0.4, -0.2) is 21.2 Å². The normalized spacial score (nSPS) is 10.3. The predicted octanol–water partition coefficient (Wildman–Crippen LogP) is 1.75. The van der Waals surface area contributed by atoms with Gasteiger partial charge in [-0.15, -0.1) is 0 Å². The summed E-state index contributed by atoms with van der Waals surface area (Å²) in [6.45, 7) is 2.13. The molecule has 0 aliphatic rings. The second-order valence-corrected chi connectivity index (χ2v) is 4.08. The molecule has 6 nitrogen and oxygen atoms in total. The van der Waals surface area contributed by atoms with E-state index in [1.165, 1.54) is 6.26 Å². The molecule has 0 amide bonds. The van der Waals surface area contributed by atoms with Gasteiger partial charge in [-0.05, 0) is 6.92 Å². The van der Waals surface area contributed by atoms with Crippen molar-refractivity contribution in [1.82, 2.24) is 10.1 Å². The molecular weight excluding hydrogens is 230 g/mol. The zero-order valence-corrected chi connectivity index (χ0v) is 9.24. The SMILES string of the molecule is Cc1nc(NCc2ccon2)sc1C(=O)O. The van der Waals surface area contributed by atoms with Crippen LogP contribution in [0, 0.1) is 6.92 Å². The van der Waals surface area contributed by atoms with Gasteiger partial charge in [-0.1, -0.05) is 16.5 Å². The van der Waals surface area contributed by atoms with E-state index < -0.39 is 5.97 Å². The summed E-state index contributed by atoms with van der Waals surface area (Å²) >= 11 is 1.11. The van der Waals surface area contributed by atoms with Crippen LogP contribution in [0.2, 0.25) is 0 Å². The standard InChI is InChI=1S/C9H9N3O3S/c1-5-7(8(13)14)16-9(11-5)10-4-6-2-3-15-12-6/h2-3H,4H2,1H3,(H,10,11)(H,13,14). The highest BCUT2D eigenvalue weighted by Crippen LogP contribution is 2.22. The highest BCUT2D eigenvalue weighted by Gasteiger charge is 2.13. The first-order chi connectivity index (χ1) is 7.66. The molecule has 2 rings (SSSR count). The lowest BCUT2D eigenvalue weighted by molar-refractivity contribution is 0.0701. The van der Waals surface area contributed by atoms with Crippen LogP contribution < -0.4 is 5.32 Å². The minimum Gasteiger partial charge on any atom is -0.477 e. The molecule has 0 atom stereocenters. The van der Waals surface area contributed by atoms with Gasteiger partial charge in [0, 0.05) is 6.07 Å². The van der Waals surface area contributed by atoms with Crippen molar-refractivity contribution in [1.29, 1.82) is 0 Å². The number of aromatic nitrogens is 2. The first-order valence-corrected chi connectivity index (χ1v) is 5.32. The van der Waals surface area contributed by atoms with Crippen LogP contribution in [0.5, 0.6) is 0 Å². The van der Waals surface area contributed by atoms with Crippen molar-refractivity contribution in [2.24, 2.45) is 0 Å². The largest absolute Gasteiger partial charge is 0.477 e. The Labute approximate surface area is 94.9 Å². The van der Waals surface area contributed by atoms with Crippen molar-refractivity contribution >= 4 is 22.4 Å². The van der Waals surface area contributed by atoms with Gasteiger partial charge < -0.3 is 14.9 Å². The lowest BCUT2D eigenvalue weighted by atomic mass is 10.4. The number of nitrogens with zero attached hydrogens (tertiary/aromatic N) is 2. The molecule has 0 saturated carbocycles. The van der Waals surface area contributed by atoms with Gasteiger partial charge in [-0.3, -0.25) is 0 Å². The van der Waals surface area contributed by atoms with Gasteiger partial charge in [0.05, 0.1) is 12.2 Å². The van der Waals surface area contributed by atoms with Crippen molar-refractivity contribution < 1.29 is 14.4 Å². The molecule has 2 aromatic heterocycles. The predicted molar refractivity (Wildman–Crippen MR) is 57.6 cm³/mol. The Bertz CT molecular complexity index is 492. The average molecular weight is 239 g/mol. The van der Waals surface area contributed by atoms with Crippen LogP contribution in [0.15, 0.2) is 16.9 Å². The van der Waals surface area contributed by atoms with Crippen LogP contribution in [-0.2, 0) is 6.54 Å². The van der Waals surface area contributed by atoms with Crippen LogP contribution >= 0.6 is 11.3 Å². The van der Waals surface area contributed by atoms with Crippen molar-refractivity contribution in [2.75, 3.05) is 5.32 Å². The van der Waals surface area contributed by atoms with E-state index in [2.05, 4.69) is 20.0 Å². The number of anilines is 1. The number of carboxylic acid groups (broad SMARTS) is 1. The Morgan fingerprint density at radius 1 is 1.69 bits per heavy atom. The minimum atomic E-state index is -0.954. The first kappa shape index (κ1) is 10.6. The van der Waals surface area contributed by atoms with E-state index in [1.54, 1.807) is 13.0 Å². The number of rotatable bonds is 4. The molecule has 2 N–H and O–H groups in total. The number of aryl methyl sites for hydroxylation is 1. The van der Waals surface area contributed by atoms with Crippen LogP contribution in [0.4, 0.5) is 5.13 Å².